The number of methoxy groups -OCH3 is 1. The Bertz CT molecular complexity index is 684. The van der Waals surface area contributed by atoms with E-state index in [0.29, 0.717) is 19.1 Å². The highest BCUT2D eigenvalue weighted by Gasteiger charge is 2.23. The number of rotatable bonds is 7. The summed E-state index contributed by atoms with van der Waals surface area (Å²) in [6.45, 7) is 11.6. The van der Waals surface area contributed by atoms with Gasteiger partial charge in [0, 0.05) is 37.6 Å². The molecule has 0 saturated carbocycles. The lowest BCUT2D eigenvalue weighted by molar-refractivity contribution is -0.128. The first-order valence-corrected chi connectivity index (χ1v) is 10.6. The van der Waals surface area contributed by atoms with E-state index in [1.54, 1.807) is 7.11 Å². The summed E-state index contributed by atoms with van der Waals surface area (Å²) in [5, 5.41) is 9.81. The number of anilines is 1. The van der Waals surface area contributed by atoms with Gasteiger partial charge in [-0.3, -0.25) is 9.79 Å². The Balaban J connectivity index is 1.92. The molecule has 0 spiro atoms. The summed E-state index contributed by atoms with van der Waals surface area (Å²) < 4.78 is 5.53. The minimum atomic E-state index is -0.378. The van der Waals surface area contributed by atoms with Gasteiger partial charge in [0.15, 0.2) is 5.96 Å². The minimum Gasteiger partial charge on any atom is -0.495 e. The Labute approximate surface area is 175 Å². The van der Waals surface area contributed by atoms with E-state index in [0.717, 1.165) is 49.9 Å². The molecule has 7 heteroatoms. The molecule has 1 atom stereocenters. The maximum atomic E-state index is 12.0. The van der Waals surface area contributed by atoms with Crippen LogP contribution < -0.4 is 25.6 Å². The van der Waals surface area contributed by atoms with Crippen molar-refractivity contribution in [1.29, 1.82) is 0 Å². The van der Waals surface area contributed by atoms with Crippen LogP contribution in [0.25, 0.3) is 0 Å². The number of para-hydroxylation sites is 2. The van der Waals surface area contributed by atoms with Gasteiger partial charge < -0.3 is 25.6 Å². The van der Waals surface area contributed by atoms with E-state index in [4.69, 9.17) is 4.74 Å². The number of ether oxygens (including phenoxy) is 1. The average Bonchev–Trinajstić information content (AvgIpc) is 2.70. The zero-order chi connectivity index (χ0) is 21.3. The molecule has 1 fully saturated rings. The molecule has 1 aromatic rings. The highest BCUT2D eigenvalue weighted by atomic mass is 16.5. The maximum absolute atomic E-state index is 12.0. The number of hydrogen-bond donors (Lipinski definition) is 3. The number of nitrogens with one attached hydrogen (secondary N) is 3. The van der Waals surface area contributed by atoms with Gasteiger partial charge in [-0.1, -0.05) is 32.9 Å². The normalized spacial score (nSPS) is 17.6. The van der Waals surface area contributed by atoms with Gasteiger partial charge in [0.25, 0.3) is 0 Å². The lowest BCUT2D eigenvalue weighted by atomic mass is 9.96. The number of piperidine rings is 1. The molecule has 1 amide bonds. The molecule has 162 valence electrons. The highest BCUT2D eigenvalue weighted by molar-refractivity contribution is 5.81. The minimum absolute atomic E-state index is 0.0467. The van der Waals surface area contributed by atoms with Crippen LogP contribution in [-0.4, -0.2) is 57.7 Å². The summed E-state index contributed by atoms with van der Waals surface area (Å²) in [6, 6.07) is 8.46. The molecule has 0 aliphatic carbocycles. The van der Waals surface area contributed by atoms with Crippen LogP contribution in [0.1, 0.15) is 40.5 Å². The molecule has 1 aromatic carbocycles. The third kappa shape index (κ3) is 7.15. The first-order valence-electron chi connectivity index (χ1n) is 10.6. The summed E-state index contributed by atoms with van der Waals surface area (Å²) in [5.41, 5.74) is 0.754. The Kier molecular flexibility index (Phi) is 8.61. The summed E-state index contributed by atoms with van der Waals surface area (Å²) in [5.74, 6) is 1.75. The van der Waals surface area contributed by atoms with E-state index in [-0.39, 0.29) is 11.3 Å². The van der Waals surface area contributed by atoms with E-state index in [2.05, 4.69) is 38.8 Å². The highest BCUT2D eigenvalue weighted by Crippen LogP contribution is 2.29. The van der Waals surface area contributed by atoms with Gasteiger partial charge >= 0.3 is 0 Å². The lowest BCUT2D eigenvalue weighted by Gasteiger charge is -2.36. The first-order chi connectivity index (χ1) is 13.8. The number of guanidine groups is 1. The fourth-order valence-corrected chi connectivity index (χ4v) is 3.32. The maximum Gasteiger partial charge on any atom is 0.225 e. The molecule has 1 heterocycles. The van der Waals surface area contributed by atoms with Crippen molar-refractivity contribution >= 4 is 17.6 Å². The van der Waals surface area contributed by atoms with Crippen LogP contribution in [0.2, 0.25) is 0 Å². The van der Waals surface area contributed by atoms with Crippen molar-refractivity contribution in [3.8, 4) is 5.75 Å². The van der Waals surface area contributed by atoms with E-state index in [1.807, 2.05) is 39.0 Å². The molecular weight excluding hydrogens is 366 g/mol. The quantitative estimate of drug-likeness (QED) is 0.370. The predicted molar refractivity (Wildman–Crippen MR) is 120 cm³/mol. The lowest BCUT2D eigenvalue weighted by Crippen LogP contribution is -2.51. The van der Waals surface area contributed by atoms with Gasteiger partial charge in [-0.05, 0) is 31.9 Å². The SMILES string of the molecule is CCNC(=NCCNC(=O)C(C)(C)C)NC1CCCN(c2ccccc2OC)C1. The van der Waals surface area contributed by atoms with Crippen molar-refractivity contribution in [2.45, 2.75) is 46.6 Å². The molecule has 1 saturated heterocycles. The Morgan fingerprint density at radius 1 is 1.28 bits per heavy atom. The number of carbonyl (C=O) groups is 1. The molecule has 1 aliphatic rings. The fourth-order valence-electron chi connectivity index (χ4n) is 3.32. The van der Waals surface area contributed by atoms with Gasteiger partial charge in [-0.2, -0.15) is 0 Å². The summed E-state index contributed by atoms with van der Waals surface area (Å²) in [4.78, 5) is 19.0. The van der Waals surface area contributed by atoms with Crippen LogP contribution in [0.5, 0.6) is 5.75 Å². The van der Waals surface area contributed by atoms with Crippen molar-refractivity contribution in [2.75, 3.05) is 44.7 Å². The second kappa shape index (κ2) is 10.9. The Hall–Kier alpha value is -2.44. The van der Waals surface area contributed by atoms with Crippen LogP contribution in [0.3, 0.4) is 0 Å². The fraction of sp³-hybridized carbons (Fsp3) is 0.636. The average molecular weight is 404 g/mol. The number of amides is 1. The third-order valence-corrected chi connectivity index (χ3v) is 4.88. The molecule has 1 aliphatic heterocycles. The van der Waals surface area contributed by atoms with Gasteiger partial charge in [0.2, 0.25) is 5.91 Å². The van der Waals surface area contributed by atoms with E-state index < -0.39 is 0 Å². The Morgan fingerprint density at radius 2 is 2.03 bits per heavy atom. The predicted octanol–water partition coefficient (Wildman–Crippen LogP) is 2.38. The first kappa shape index (κ1) is 22.8. The number of carbonyl (C=O) groups excluding carboxylic acids is 1. The molecule has 7 nitrogen and oxygen atoms in total. The summed E-state index contributed by atoms with van der Waals surface area (Å²) >= 11 is 0. The Morgan fingerprint density at radius 3 is 2.72 bits per heavy atom. The van der Waals surface area contributed by atoms with Gasteiger partial charge in [0.1, 0.15) is 5.75 Å². The largest absolute Gasteiger partial charge is 0.495 e. The van der Waals surface area contributed by atoms with Crippen LogP contribution in [0, 0.1) is 5.41 Å². The zero-order valence-corrected chi connectivity index (χ0v) is 18.5. The molecule has 2 rings (SSSR count). The van der Waals surface area contributed by atoms with Crippen LogP contribution in [0.15, 0.2) is 29.3 Å². The second-order valence-corrected chi connectivity index (χ2v) is 8.37. The molecule has 0 bridgehead atoms. The number of benzene rings is 1. The van der Waals surface area contributed by atoms with Crippen LogP contribution in [0.4, 0.5) is 5.69 Å². The molecule has 0 radical (unpaired) electrons. The molecular formula is C22H37N5O2. The third-order valence-electron chi connectivity index (χ3n) is 4.88. The van der Waals surface area contributed by atoms with Crippen molar-refractivity contribution in [1.82, 2.24) is 16.0 Å². The van der Waals surface area contributed by atoms with Crippen LogP contribution in [-0.2, 0) is 4.79 Å². The van der Waals surface area contributed by atoms with E-state index in [1.165, 1.54) is 0 Å². The van der Waals surface area contributed by atoms with Gasteiger partial charge in [-0.25, -0.2) is 0 Å². The monoisotopic (exact) mass is 403 g/mol. The van der Waals surface area contributed by atoms with Crippen molar-refractivity contribution in [3.63, 3.8) is 0 Å². The standard InChI is InChI=1S/C22H37N5O2/c1-6-23-21(25-14-13-24-20(28)22(2,3)4)26-17-10-9-15-27(16-17)18-11-7-8-12-19(18)29-5/h7-8,11-12,17H,6,9-10,13-16H2,1-5H3,(H,24,28)(H2,23,25,26). The number of aliphatic imine (C=N–C) groups is 1. The van der Waals surface area contributed by atoms with Gasteiger partial charge in [0.05, 0.1) is 19.3 Å². The van der Waals surface area contributed by atoms with Crippen molar-refractivity contribution in [3.05, 3.63) is 24.3 Å². The van der Waals surface area contributed by atoms with E-state index in [9.17, 15) is 4.79 Å². The number of hydrogen-bond acceptors (Lipinski definition) is 4. The second-order valence-electron chi connectivity index (χ2n) is 8.37. The van der Waals surface area contributed by atoms with Crippen molar-refractivity contribution in [2.24, 2.45) is 10.4 Å². The molecule has 3 N–H and O–H groups in total. The van der Waals surface area contributed by atoms with Crippen molar-refractivity contribution < 1.29 is 9.53 Å². The molecule has 29 heavy (non-hydrogen) atoms. The van der Waals surface area contributed by atoms with E-state index >= 15 is 0 Å². The summed E-state index contributed by atoms with van der Waals surface area (Å²) in [6.07, 6.45) is 2.20. The zero-order valence-electron chi connectivity index (χ0n) is 18.5. The molecule has 0 aromatic heterocycles. The smallest absolute Gasteiger partial charge is 0.225 e. The molecule has 1 unspecified atom stereocenters. The van der Waals surface area contributed by atoms with Gasteiger partial charge in [-0.15, -0.1) is 0 Å². The topological polar surface area (TPSA) is 78.0 Å². The van der Waals surface area contributed by atoms with Crippen LogP contribution >= 0.6 is 0 Å². The number of nitrogens with zero attached hydrogens (tertiary/aromatic N) is 2. The summed E-state index contributed by atoms with van der Waals surface area (Å²) in [7, 11) is 1.72.